The molecule has 0 aromatic carbocycles. The minimum Gasteiger partial charge on any atom is -0.387 e. The Kier molecular flexibility index (Phi) is 5.80. The second-order valence-electron chi connectivity index (χ2n) is 5.94. The van der Waals surface area contributed by atoms with E-state index in [2.05, 4.69) is 19.5 Å². The average Bonchev–Trinajstić information content (AvgIpc) is 3.06. The van der Waals surface area contributed by atoms with Crippen molar-refractivity contribution >= 4 is 43.8 Å². The molecule has 17 heteroatoms. The summed E-state index contributed by atoms with van der Waals surface area (Å²) in [4.78, 5) is 38.5. The van der Waals surface area contributed by atoms with Crippen LogP contribution >= 0.6 is 26.8 Å². The third-order valence-electron chi connectivity index (χ3n) is 3.79. The SMILES string of the molecule is Nc1nc(Cl)nc2c1ncn2[C@@H]1O[C@H](COP(=O)(O)CP(=O)(O)O)[C@@H](O)[C@@H]1F. The number of fused-ring (bicyclic) bond motifs is 1. The summed E-state index contributed by atoms with van der Waals surface area (Å²) in [6.07, 6.45) is -5.50. The second-order valence-corrected chi connectivity index (χ2v) is 10.3. The van der Waals surface area contributed by atoms with Crippen molar-refractivity contribution in [3.63, 3.8) is 0 Å². The van der Waals surface area contributed by atoms with Gasteiger partial charge in [-0.1, -0.05) is 0 Å². The lowest BCUT2D eigenvalue weighted by Crippen LogP contribution is -2.31. The molecule has 28 heavy (non-hydrogen) atoms. The Morgan fingerprint density at radius 3 is 2.68 bits per heavy atom. The van der Waals surface area contributed by atoms with E-state index in [4.69, 9.17) is 31.9 Å². The van der Waals surface area contributed by atoms with Gasteiger partial charge >= 0.3 is 15.2 Å². The first kappa shape index (κ1) is 21.5. The van der Waals surface area contributed by atoms with Gasteiger partial charge in [0, 0.05) is 0 Å². The molecule has 3 rings (SSSR count). The molecule has 0 saturated carbocycles. The first-order valence-electron chi connectivity index (χ1n) is 7.52. The lowest BCUT2D eigenvalue weighted by atomic mass is 10.1. The van der Waals surface area contributed by atoms with Crippen LogP contribution in [0.4, 0.5) is 10.2 Å². The maximum Gasteiger partial charge on any atom is 0.340 e. The van der Waals surface area contributed by atoms with E-state index in [1.165, 1.54) is 0 Å². The Hall–Kier alpha value is -1.21. The van der Waals surface area contributed by atoms with Crippen molar-refractivity contribution in [1.82, 2.24) is 19.5 Å². The molecule has 1 saturated heterocycles. The van der Waals surface area contributed by atoms with E-state index in [-0.39, 0.29) is 22.3 Å². The Morgan fingerprint density at radius 2 is 2.04 bits per heavy atom. The molecule has 13 nitrogen and oxygen atoms in total. The van der Waals surface area contributed by atoms with Gasteiger partial charge in [-0.3, -0.25) is 13.7 Å². The molecular weight excluding hydrogens is 447 g/mol. The normalized spacial score (nSPS) is 27.9. The molecule has 0 aliphatic carbocycles. The molecule has 156 valence electrons. The van der Waals surface area contributed by atoms with Crippen LogP contribution in [0.5, 0.6) is 0 Å². The zero-order chi connectivity index (χ0) is 20.9. The maximum absolute atomic E-state index is 14.6. The topological polar surface area (TPSA) is 203 Å². The number of ether oxygens (including phenoxy) is 1. The van der Waals surface area contributed by atoms with Gasteiger partial charge in [-0.15, -0.1) is 0 Å². The molecule has 1 fully saturated rings. The van der Waals surface area contributed by atoms with E-state index in [9.17, 15) is 23.5 Å². The van der Waals surface area contributed by atoms with Gasteiger partial charge < -0.3 is 34.8 Å². The number of nitrogens with zero attached hydrogens (tertiary/aromatic N) is 4. The summed E-state index contributed by atoms with van der Waals surface area (Å²) < 4.78 is 48.1. The highest BCUT2D eigenvalue weighted by molar-refractivity contribution is 7.70. The van der Waals surface area contributed by atoms with Crippen molar-refractivity contribution in [3.8, 4) is 0 Å². The average molecular weight is 462 g/mol. The van der Waals surface area contributed by atoms with Crippen molar-refractivity contribution < 1.29 is 42.6 Å². The van der Waals surface area contributed by atoms with Crippen molar-refractivity contribution in [2.75, 3.05) is 18.2 Å². The van der Waals surface area contributed by atoms with Crippen LogP contribution in [0.25, 0.3) is 11.2 Å². The standard InChI is InChI=1S/C11H15ClFN5O8P2/c12-11-16-8(14)6-9(17-11)18(2-15-6)10-5(13)7(19)4(26-10)1-25-28(23,24)3-27(20,21)22/h2,4-5,7,10,19H,1,3H2,(H,23,24)(H2,14,16,17)(H2,20,21,22)/t4-,5+,7-,10-/m1/s1. The van der Waals surface area contributed by atoms with Gasteiger partial charge in [0.25, 0.3) is 0 Å². The molecule has 6 N–H and O–H groups in total. The van der Waals surface area contributed by atoms with Gasteiger partial charge in [-0.2, -0.15) is 9.97 Å². The van der Waals surface area contributed by atoms with Crippen LogP contribution in [0.15, 0.2) is 6.33 Å². The van der Waals surface area contributed by atoms with Crippen LogP contribution in [-0.4, -0.2) is 70.2 Å². The summed E-state index contributed by atoms with van der Waals surface area (Å²) in [5, 5.41) is 9.79. The minimum atomic E-state index is -4.83. The van der Waals surface area contributed by atoms with E-state index in [0.717, 1.165) is 10.9 Å². The number of aromatic nitrogens is 4. The predicted molar refractivity (Wildman–Crippen MR) is 92.2 cm³/mol. The van der Waals surface area contributed by atoms with Crippen LogP contribution in [0.1, 0.15) is 6.23 Å². The molecule has 0 amide bonds. The number of rotatable bonds is 6. The zero-order valence-corrected chi connectivity index (χ0v) is 16.3. The summed E-state index contributed by atoms with van der Waals surface area (Å²) >= 11 is 5.74. The molecule has 1 aliphatic heterocycles. The highest BCUT2D eigenvalue weighted by Gasteiger charge is 2.47. The van der Waals surface area contributed by atoms with Gasteiger partial charge in [0.05, 0.1) is 12.9 Å². The summed E-state index contributed by atoms with van der Waals surface area (Å²) in [6.45, 7) is -0.795. The number of alkyl halides is 1. The lowest BCUT2D eigenvalue weighted by molar-refractivity contribution is -0.0425. The van der Waals surface area contributed by atoms with E-state index in [0.29, 0.717) is 0 Å². The Morgan fingerprint density at radius 1 is 1.36 bits per heavy atom. The quantitative estimate of drug-likeness (QED) is 0.285. The molecule has 3 heterocycles. The molecular formula is C11H15ClFN5O8P2. The molecule has 5 atom stereocenters. The first-order valence-corrected chi connectivity index (χ1v) is 11.5. The van der Waals surface area contributed by atoms with Gasteiger partial charge in [0.1, 0.15) is 17.7 Å². The number of imidazole rings is 1. The minimum absolute atomic E-state index is 0.0354. The van der Waals surface area contributed by atoms with Crippen molar-refractivity contribution in [1.29, 1.82) is 0 Å². The maximum atomic E-state index is 14.6. The molecule has 0 spiro atoms. The fourth-order valence-electron chi connectivity index (χ4n) is 2.63. The van der Waals surface area contributed by atoms with E-state index >= 15 is 0 Å². The molecule has 1 aliphatic rings. The van der Waals surface area contributed by atoms with E-state index < -0.39 is 52.3 Å². The fraction of sp³-hybridized carbons (Fsp3) is 0.545. The summed E-state index contributed by atoms with van der Waals surface area (Å²) in [6, 6.07) is 0. The van der Waals surface area contributed by atoms with Crippen LogP contribution in [0.3, 0.4) is 0 Å². The molecule has 0 bridgehead atoms. The summed E-state index contributed by atoms with van der Waals surface area (Å²) in [5.41, 5.74) is 5.82. The van der Waals surface area contributed by atoms with Crippen LogP contribution in [0, 0.1) is 0 Å². The van der Waals surface area contributed by atoms with Gasteiger partial charge in [0.15, 0.2) is 29.8 Å². The number of nitrogen functional groups attached to an aromatic ring is 1. The van der Waals surface area contributed by atoms with Crippen LogP contribution in [0.2, 0.25) is 5.28 Å². The molecule has 0 radical (unpaired) electrons. The third-order valence-corrected chi connectivity index (χ3v) is 7.42. The Labute approximate surface area is 161 Å². The number of anilines is 1. The van der Waals surface area contributed by atoms with Gasteiger partial charge in [-0.05, 0) is 11.6 Å². The van der Waals surface area contributed by atoms with Gasteiger partial charge in [0.2, 0.25) is 5.28 Å². The fourth-order valence-corrected chi connectivity index (χ4v) is 5.37. The zero-order valence-electron chi connectivity index (χ0n) is 13.7. The van der Waals surface area contributed by atoms with Crippen molar-refractivity contribution in [3.05, 3.63) is 11.6 Å². The Balaban J connectivity index is 1.78. The number of nitrogens with two attached hydrogens (primary N) is 1. The largest absolute Gasteiger partial charge is 0.387 e. The van der Waals surface area contributed by atoms with Crippen LogP contribution in [-0.2, 0) is 18.4 Å². The predicted octanol–water partition coefficient (Wildman–Crippen LogP) is -0.00450. The third kappa shape index (κ3) is 4.51. The summed E-state index contributed by atoms with van der Waals surface area (Å²) in [7, 11) is -9.53. The monoisotopic (exact) mass is 461 g/mol. The van der Waals surface area contributed by atoms with E-state index in [1.54, 1.807) is 0 Å². The van der Waals surface area contributed by atoms with Crippen molar-refractivity contribution in [2.24, 2.45) is 0 Å². The summed E-state index contributed by atoms with van der Waals surface area (Å²) in [5.74, 6) is -1.48. The Bertz CT molecular complexity index is 987. The lowest BCUT2D eigenvalue weighted by Gasteiger charge is -2.18. The first-order chi connectivity index (χ1) is 12.9. The highest BCUT2D eigenvalue weighted by atomic mass is 35.5. The van der Waals surface area contributed by atoms with Crippen molar-refractivity contribution in [2.45, 2.75) is 24.6 Å². The number of aliphatic hydroxyl groups is 1. The molecule has 2 aromatic heterocycles. The smallest absolute Gasteiger partial charge is 0.340 e. The van der Waals surface area contributed by atoms with Gasteiger partial charge in [-0.25, -0.2) is 9.37 Å². The molecule has 1 unspecified atom stereocenters. The highest BCUT2D eigenvalue weighted by Crippen LogP contribution is 2.55. The second kappa shape index (κ2) is 7.56. The number of aliphatic hydroxyl groups excluding tert-OH is 1. The number of hydrogen-bond acceptors (Lipinski definition) is 9. The van der Waals surface area contributed by atoms with E-state index in [1.807, 2.05) is 0 Å². The number of halogens is 2. The van der Waals surface area contributed by atoms with Crippen LogP contribution < -0.4 is 5.73 Å². The molecule has 2 aromatic rings. The number of hydrogen-bond donors (Lipinski definition) is 5.